The lowest BCUT2D eigenvalue weighted by atomic mass is 9.33. The Labute approximate surface area is 358 Å². The number of allylic oxidation sites excluding steroid dienone is 3. The lowest BCUT2D eigenvalue weighted by molar-refractivity contribution is -0.217. The van der Waals surface area contributed by atoms with Gasteiger partial charge < -0.3 is 15.7 Å². The number of nitrogens with one attached hydrogen (secondary N) is 2. The second-order valence-electron chi connectivity index (χ2n) is 19.6. The van der Waals surface area contributed by atoms with E-state index < -0.39 is 15.8 Å². The molecule has 59 heavy (non-hydrogen) atoms. The number of carbonyl (C=O) groups excluding carboxylic acids is 1. The van der Waals surface area contributed by atoms with Gasteiger partial charge in [0.15, 0.2) is 9.84 Å². The van der Waals surface area contributed by atoms with E-state index in [0.717, 1.165) is 37.7 Å². The number of hydrogen-bond donors (Lipinski definition) is 3. The summed E-state index contributed by atoms with van der Waals surface area (Å²) in [6.45, 7) is 22.1. The quantitative estimate of drug-likeness (QED) is 0.187. The van der Waals surface area contributed by atoms with E-state index >= 15 is 0 Å². The third-order valence-electron chi connectivity index (χ3n) is 16.4. The summed E-state index contributed by atoms with van der Waals surface area (Å²) < 4.78 is 24.4. The number of carboxylic acids is 1. The second-order valence-corrected chi connectivity index (χ2v) is 21.9. The lowest BCUT2D eigenvalue weighted by Gasteiger charge is -2.72. The number of carbonyl (C=O) groups is 2. The fourth-order valence-corrected chi connectivity index (χ4v) is 15.4. The van der Waals surface area contributed by atoms with Gasteiger partial charge in [-0.3, -0.25) is 4.79 Å². The molecule has 7 rings (SSSR count). The van der Waals surface area contributed by atoms with Crippen molar-refractivity contribution in [3.05, 3.63) is 54.1 Å². The normalized spacial score (nSPS) is 35.9. The van der Waals surface area contributed by atoms with Gasteiger partial charge in [0.05, 0.1) is 23.1 Å². The standard InChI is InChI=1S/C42H62N2O5S.C3H6.3C2H2/c1-26(2)35(43-29-18-24-50(48,49)25-29)36(45)44-42-19-8-9-32(42)31-14-15-34-39(5)20-16-30(27-10-12-28(13-11-27)37(46)47)38(3,4)33(39)17-21-41(34,7)40(31,6)22-23-42;1-3-2;3*1-2/h10-13,16,26,29,31-35,43H,8-9,14-15,17-25H2,1-7H3,(H,44,45)(H,46,47);3H,1H2,2H3;3*1-2H/t29?,31-,32?,33?,34?,35?,39+,40-,41-,42+;;;;/m1..../s1. The molecule has 7 nitrogen and oxygen atoms in total. The van der Waals surface area contributed by atoms with E-state index in [4.69, 9.17) is 0 Å². The number of fused-ring (bicyclic) bond motifs is 7. The highest BCUT2D eigenvalue weighted by atomic mass is 32.2. The minimum Gasteiger partial charge on any atom is -0.478 e. The zero-order chi connectivity index (χ0) is 44.8. The number of sulfone groups is 1. The fourth-order valence-electron chi connectivity index (χ4n) is 13.8. The van der Waals surface area contributed by atoms with E-state index in [1.807, 2.05) is 19.1 Å². The number of amides is 1. The van der Waals surface area contributed by atoms with E-state index in [1.165, 1.54) is 37.7 Å². The van der Waals surface area contributed by atoms with Crippen LogP contribution in [0.3, 0.4) is 0 Å². The van der Waals surface area contributed by atoms with Gasteiger partial charge in [-0.1, -0.05) is 79.2 Å². The van der Waals surface area contributed by atoms with Crippen LogP contribution in [-0.2, 0) is 14.6 Å². The van der Waals surface area contributed by atoms with Crippen molar-refractivity contribution in [3.63, 3.8) is 0 Å². The number of benzene rings is 1. The Kier molecular flexibility index (Phi) is 16.2. The van der Waals surface area contributed by atoms with Crippen molar-refractivity contribution < 1.29 is 23.1 Å². The van der Waals surface area contributed by atoms with Crippen LogP contribution in [0.1, 0.15) is 142 Å². The lowest BCUT2D eigenvalue weighted by Crippen LogP contribution is -2.68. The monoisotopic (exact) mass is 827 g/mol. The summed E-state index contributed by atoms with van der Waals surface area (Å²) >= 11 is 0. The van der Waals surface area contributed by atoms with Gasteiger partial charge in [0.25, 0.3) is 0 Å². The molecule has 1 saturated heterocycles. The zero-order valence-corrected chi connectivity index (χ0v) is 38.2. The maximum absolute atomic E-state index is 14.2. The van der Waals surface area contributed by atoms with Crippen molar-refractivity contribution in [3.8, 4) is 38.5 Å². The Bertz CT molecular complexity index is 1840. The molecule has 1 aliphatic heterocycles. The van der Waals surface area contributed by atoms with Crippen LogP contribution in [-0.4, -0.2) is 54.5 Å². The van der Waals surface area contributed by atoms with Crippen molar-refractivity contribution >= 4 is 27.3 Å². The third-order valence-corrected chi connectivity index (χ3v) is 18.1. The van der Waals surface area contributed by atoms with Gasteiger partial charge in [0.1, 0.15) is 0 Å². The molecule has 1 aromatic carbocycles. The summed E-state index contributed by atoms with van der Waals surface area (Å²) in [7, 11) is -3.02. The summed E-state index contributed by atoms with van der Waals surface area (Å²) in [6.07, 6.45) is 40.4. The predicted octanol–water partition coefficient (Wildman–Crippen LogP) is 9.84. The van der Waals surface area contributed by atoms with Crippen molar-refractivity contribution in [2.24, 2.45) is 51.2 Å². The maximum Gasteiger partial charge on any atom is 0.335 e. The molecule has 324 valence electrons. The number of rotatable bonds is 7. The highest BCUT2D eigenvalue weighted by molar-refractivity contribution is 7.91. The van der Waals surface area contributed by atoms with Crippen molar-refractivity contribution in [2.45, 2.75) is 144 Å². The molecular weight excluding hydrogens is 753 g/mol. The van der Waals surface area contributed by atoms with Crippen LogP contribution in [0, 0.1) is 89.8 Å². The average molecular weight is 827 g/mol. The highest BCUT2D eigenvalue weighted by Crippen LogP contribution is 2.76. The largest absolute Gasteiger partial charge is 0.478 e. The van der Waals surface area contributed by atoms with Gasteiger partial charge in [0.2, 0.25) is 5.91 Å². The average Bonchev–Trinajstić information content (AvgIpc) is 3.78. The number of carboxylic acid groups (broad SMARTS) is 1. The highest BCUT2D eigenvalue weighted by Gasteiger charge is 2.69. The summed E-state index contributed by atoms with van der Waals surface area (Å²) in [5.41, 5.74) is 3.30. The summed E-state index contributed by atoms with van der Waals surface area (Å²) in [5.74, 6) is 1.85. The molecule has 0 bridgehead atoms. The molecule has 5 aliphatic carbocycles. The van der Waals surface area contributed by atoms with E-state index in [-0.39, 0.29) is 62.6 Å². The Morgan fingerprint density at radius 2 is 1.44 bits per heavy atom. The van der Waals surface area contributed by atoms with Crippen molar-refractivity contribution in [2.75, 3.05) is 11.5 Å². The fraction of sp³-hybridized carbons (Fsp3) is 0.647. The van der Waals surface area contributed by atoms with Crippen LogP contribution >= 0.6 is 0 Å². The molecule has 6 aliphatic rings. The number of hydrogen-bond acceptors (Lipinski definition) is 5. The van der Waals surface area contributed by atoms with Gasteiger partial charge in [-0.15, -0.1) is 45.1 Å². The molecule has 0 aromatic heterocycles. The van der Waals surface area contributed by atoms with Gasteiger partial charge in [-0.25, -0.2) is 13.2 Å². The zero-order valence-electron chi connectivity index (χ0n) is 37.4. The summed E-state index contributed by atoms with van der Waals surface area (Å²) in [5, 5.41) is 16.7. The molecular formula is C51H74N2O5S. The molecule has 1 aromatic rings. The van der Waals surface area contributed by atoms with Crippen LogP contribution in [0.25, 0.3) is 5.57 Å². The molecule has 5 fully saturated rings. The van der Waals surface area contributed by atoms with Crippen molar-refractivity contribution in [1.29, 1.82) is 0 Å². The van der Waals surface area contributed by atoms with Gasteiger partial charge in [-0.05, 0) is 146 Å². The van der Waals surface area contributed by atoms with Crippen LogP contribution in [0.2, 0.25) is 0 Å². The first-order valence-corrected chi connectivity index (χ1v) is 23.5. The van der Waals surface area contributed by atoms with Gasteiger partial charge in [-0.2, -0.15) is 0 Å². The van der Waals surface area contributed by atoms with E-state index in [0.29, 0.717) is 35.7 Å². The summed E-state index contributed by atoms with van der Waals surface area (Å²) in [6, 6.07) is 6.98. The van der Waals surface area contributed by atoms with E-state index in [1.54, 1.807) is 18.2 Å². The Morgan fingerprint density at radius 3 is 1.98 bits per heavy atom. The SMILES string of the molecule is C#C.C#C.C#C.C=CC.CC(C)C(NC1CCS(=O)(=O)C1)C(=O)N[C@]12CCCC1[C@H]1CCC3[C@@]4(C)CC=C(c5ccc(C(=O)O)cc5)C(C)(C)C4CC[C@@]3(C)[C@]1(C)CC2. The predicted molar refractivity (Wildman–Crippen MR) is 245 cm³/mol. The molecule has 8 heteroatoms. The first-order valence-electron chi connectivity index (χ1n) is 21.7. The van der Waals surface area contributed by atoms with Crippen LogP contribution in [0.5, 0.6) is 0 Å². The Morgan fingerprint density at radius 1 is 0.831 bits per heavy atom. The second kappa shape index (κ2) is 19.3. The molecule has 0 radical (unpaired) electrons. The van der Waals surface area contributed by atoms with Gasteiger partial charge in [0, 0.05) is 11.6 Å². The smallest absolute Gasteiger partial charge is 0.335 e. The minimum absolute atomic E-state index is 0.0159. The first-order chi connectivity index (χ1) is 27.8. The number of terminal acetylenes is 3. The summed E-state index contributed by atoms with van der Waals surface area (Å²) in [4.78, 5) is 25.7. The Hall–Kier alpha value is -3.77. The molecule has 1 amide bonds. The third kappa shape index (κ3) is 9.00. The number of aromatic carboxylic acids is 1. The van der Waals surface area contributed by atoms with Gasteiger partial charge >= 0.3 is 5.97 Å². The topological polar surface area (TPSA) is 113 Å². The molecule has 10 atom stereocenters. The first kappa shape index (κ1) is 49.6. The molecule has 1 heterocycles. The molecule has 4 saturated carbocycles. The molecule has 3 N–H and O–H groups in total. The van der Waals surface area contributed by atoms with E-state index in [9.17, 15) is 23.1 Å². The Balaban J connectivity index is 0.000000962. The van der Waals surface area contributed by atoms with Crippen molar-refractivity contribution in [1.82, 2.24) is 10.6 Å². The molecule has 5 unspecified atom stereocenters. The van der Waals surface area contributed by atoms with E-state index in [2.05, 4.69) is 110 Å². The maximum atomic E-state index is 14.2. The van der Waals surface area contributed by atoms with Crippen LogP contribution < -0.4 is 10.6 Å². The van der Waals surface area contributed by atoms with Crippen LogP contribution in [0.4, 0.5) is 0 Å². The molecule has 0 spiro atoms. The minimum atomic E-state index is -3.02. The van der Waals surface area contributed by atoms with Crippen LogP contribution in [0.15, 0.2) is 43.0 Å².